The number of rotatable bonds is 4. The molecule has 1 aromatic carbocycles. The summed E-state index contributed by atoms with van der Waals surface area (Å²) in [7, 11) is 3.78. The minimum absolute atomic E-state index is 0.175. The number of piperidine rings is 1. The van der Waals surface area contributed by atoms with Crippen molar-refractivity contribution in [3.8, 4) is 5.75 Å². The second-order valence-corrected chi connectivity index (χ2v) is 7.89. The van der Waals surface area contributed by atoms with Crippen molar-refractivity contribution in [2.45, 2.75) is 38.1 Å². The fourth-order valence-electron chi connectivity index (χ4n) is 4.11. The number of ether oxygens (including phenoxy) is 1. The number of likely N-dealkylation sites (tertiary alicyclic amines) is 1. The van der Waals surface area contributed by atoms with Gasteiger partial charge in [0.05, 0.1) is 13.5 Å². The summed E-state index contributed by atoms with van der Waals surface area (Å²) < 4.78 is 5.19. The molecule has 0 bridgehead atoms. The maximum absolute atomic E-state index is 12.8. The Morgan fingerprint density at radius 2 is 2.07 bits per heavy atom. The summed E-state index contributed by atoms with van der Waals surface area (Å²) in [4.78, 5) is 26.6. The molecule has 2 aliphatic rings. The fourth-order valence-corrected chi connectivity index (χ4v) is 4.11. The van der Waals surface area contributed by atoms with Gasteiger partial charge in [0.15, 0.2) is 0 Å². The van der Waals surface area contributed by atoms with Gasteiger partial charge in [-0.3, -0.25) is 4.79 Å². The van der Waals surface area contributed by atoms with Crippen molar-refractivity contribution in [3.05, 3.63) is 53.1 Å². The third kappa shape index (κ3) is 4.17. The second-order valence-electron chi connectivity index (χ2n) is 7.89. The van der Waals surface area contributed by atoms with Crippen LogP contribution >= 0.6 is 0 Å². The Morgan fingerprint density at radius 3 is 2.86 bits per heavy atom. The first-order chi connectivity index (χ1) is 13.6. The molecule has 1 amide bonds. The summed E-state index contributed by atoms with van der Waals surface area (Å²) in [6.45, 7) is 3.50. The van der Waals surface area contributed by atoms with Gasteiger partial charge in [-0.1, -0.05) is 12.1 Å². The zero-order valence-corrected chi connectivity index (χ0v) is 16.7. The monoisotopic (exact) mass is 380 g/mol. The number of hydrogen-bond acceptors (Lipinski definition) is 5. The van der Waals surface area contributed by atoms with Crippen molar-refractivity contribution in [2.24, 2.45) is 0 Å². The quantitative estimate of drug-likeness (QED) is 0.815. The van der Waals surface area contributed by atoms with Crippen molar-refractivity contribution in [1.82, 2.24) is 19.8 Å². The predicted molar refractivity (Wildman–Crippen MR) is 107 cm³/mol. The van der Waals surface area contributed by atoms with Gasteiger partial charge in [-0.25, -0.2) is 9.97 Å². The van der Waals surface area contributed by atoms with E-state index in [-0.39, 0.29) is 11.8 Å². The van der Waals surface area contributed by atoms with Gasteiger partial charge >= 0.3 is 0 Å². The Kier molecular flexibility index (Phi) is 5.57. The number of likely N-dealkylation sites (N-methyl/N-ethyl adjacent to an activating group) is 1. The molecule has 0 radical (unpaired) electrons. The lowest BCUT2D eigenvalue weighted by Crippen LogP contribution is -2.40. The number of benzene rings is 1. The van der Waals surface area contributed by atoms with Gasteiger partial charge < -0.3 is 14.5 Å². The first-order valence-corrected chi connectivity index (χ1v) is 10.1. The van der Waals surface area contributed by atoms with Crippen LogP contribution in [-0.2, 0) is 24.2 Å². The van der Waals surface area contributed by atoms with Gasteiger partial charge in [0.25, 0.3) is 0 Å². The fraction of sp³-hybridized carbons (Fsp3) is 0.500. The number of hydrogen-bond donors (Lipinski definition) is 0. The normalized spacial score (nSPS) is 19.9. The molecule has 1 unspecified atom stereocenters. The van der Waals surface area contributed by atoms with Crippen LogP contribution in [0.15, 0.2) is 30.5 Å². The Morgan fingerprint density at radius 1 is 1.25 bits per heavy atom. The van der Waals surface area contributed by atoms with Gasteiger partial charge in [0.1, 0.15) is 11.6 Å². The highest BCUT2D eigenvalue weighted by molar-refractivity contribution is 5.79. The van der Waals surface area contributed by atoms with Crippen LogP contribution in [-0.4, -0.2) is 59.5 Å². The van der Waals surface area contributed by atoms with E-state index in [4.69, 9.17) is 9.72 Å². The van der Waals surface area contributed by atoms with Crippen molar-refractivity contribution < 1.29 is 9.53 Å². The van der Waals surface area contributed by atoms with E-state index in [2.05, 4.69) is 16.9 Å². The van der Waals surface area contributed by atoms with Crippen molar-refractivity contribution in [2.75, 3.05) is 33.8 Å². The zero-order chi connectivity index (χ0) is 19.5. The van der Waals surface area contributed by atoms with E-state index in [1.165, 1.54) is 11.3 Å². The van der Waals surface area contributed by atoms with E-state index in [0.29, 0.717) is 13.0 Å². The molecule has 0 aliphatic carbocycles. The van der Waals surface area contributed by atoms with Crippen molar-refractivity contribution in [1.29, 1.82) is 0 Å². The Balaban J connectivity index is 1.41. The van der Waals surface area contributed by atoms with E-state index >= 15 is 0 Å². The molecule has 3 heterocycles. The molecule has 1 atom stereocenters. The molecule has 0 saturated carbocycles. The predicted octanol–water partition coefficient (Wildman–Crippen LogP) is 2.42. The molecule has 1 aromatic heterocycles. The largest absolute Gasteiger partial charge is 0.497 e. The molecule has 28 heavy (non-hydrogen) atoms. The first kappa shape index (κ1) is 18.9. The third-order valence-electron chi connectivity index (χ3n) is 5.80. The molecule has 2 aliphatic heterocycles. The summed E-state index contributed by atoms with van der Waals surface area (Å²) in [6, 6.07) is 7.73. The van der Waals surface area contributed by atoms with Crippen molar-refractivity contribution in [3.63, 3.8) is 0 Å². The number of aromatic nitrogens is 2. The van der Waals surface area contributed by atoms with Crippen LogP contribution in [0.5, 0.6) is 5.75 Å². The van der Waals surface area contributed by atoms with Crippen LogP contribution < -0.4 is 4.74 Å². The lowest BCUT2D eigenvalue weighted by molar-refractivity contribution is -0.131. The number of fused-ring (bicyclic) bond motifs is 1. The van der Waals surface area contributed by atoms with E-state index in [0.717, 1.165) is 56.0 Å². The molecule has 2 aromatic rings. The van der Waals surface area contributed by atoms with Crippen LogP contribution in [0.2, 0.25) is 0 Å². The molecule has 4 rings (SSSR count). The maximum atomic E-state index is 12.8. The second kappa shape index (κ2) is 8.27. The van der Waals surface area contributed by atoms with E-state index in [9.17, 15) is 4.79 Å². The van der Waals surface area contributed by atoms with Crippen LogP contribution in [0.3, 0.4) is 0 Å². The topological polar surface area (TPSA) is 58.6 Å². The summed E-state index contributed by atoms with van der Waals surface area (Å²) in [5, 5.41) is 0. The summed E-state index contributed by atoms with van der Waals surface area (Å²) in [5.41, 5.74) is 3.44. The molecule has 1 saturated heterocycles. The summed E-state index contributed by atoms with van der Waals surface area (Å²) in [5.74, 6) is 2.13. The highest BCUT2D eigenvalue weighted by Crippen LogP contribution is 2.26. The summed E-state index contributed by atoms with van der Waals surface area (Å²) in [6.07, 6.45) is 5.45. The molecule has 0 N–H and O–H groups in total. The van der Waals surface area contributed by atoms with E-state index in [1.807, 2.05) is 35.4 Å². The standard InChI is InChI=1S/C22H28N4O2/c1-25-11-9-20-18(14-25)13-23-22(24-20)17-4-3-10-26(15-17)21(27)12-16-5-7-19(28-2)8-6-16/h5-8,13,17H,3-4,9-12,14-15H2,1-2H3. The number of carbonyl (C=O) groups excluding carboxylic acids is 1. The highest BCUT2D eigenvalue weighted by Gasteiger charge is 2.27. The average molecular weight is 380 g/mol. The number of methoxy groups -OCH3 is 1. The molecule has 6 heteroatoms. The van der Waals surface area contributed by atoms with E-state index in [1.54, 1.807) is 7.11 Å². The van der Waals surface area contributed by atoms with Gasteiger partial charge in [0, 0.05) is 56.0 Å². The van der Waals surface area contributed by atoms with Gasteiger partial charge in [-0.05, 0) is 37.6 Å². The van der Waals surface area contributed by atoms with Gasteiger partial charge in [0.2, 0.25) is 5.91 Å². The molecular formula is C22H28N4O2. The zero-order valence-electron chi connectivity index (χ0n) is 16.7. The smallest absolute Gasteiger partial charge is 0.227 e. The minimum Gasteiger partial charge on any atom is -0.497 e. The highest BCUT2D eigenvalue weighted by atomic mass is 16.5. The van der Waals surface area contributed by atoms with Crippen LogP contribution in [0, 0.1) is 0 Å². The first-order valence-electron chi connectivity index (χ1n) is 10.1. The number of carbonyl (C=O) groups is 1. The average Bonchev–Trinajstić information content (AvgIpc) is 2.74. The maximum Gasteiger partial charge on any atom is 0.227 e. The van der Waals surface area contributed by atoms with Crippen LogP contribution in [0.4, 0.5) is 0 Å². The molecule has 1 fully saturated rings. The van der Waals surface area contributed by atoms with Gasteiger partial charge in [-0.2, -0.15) is 0 Å². The lowest BCUT2D eigenvalue weighted by Gasteiger charge is -2.33. The number of nitrogens with zero attached hydrogens (tertiary/aromatic N) is 4. The summed E-state index contributed by atoms with van der Waals surface area (Å²) >= 11 is 0. The SMILES string of the molecule is COc1ccc(CC(=O)N2CCCC(c3ncc4c(n3)CCN(C)C4)C2)cc1. The van der Waals surface area contributed by atoms with Crippen LogP contribution in [0.1, 0.15) is 41.4 Å². The molecule has 6 nitrogen and oxygen atoms in total. The Labute approximate surface area is 166 Å². The van der Waals surface area contributed by atoms with E-state index < -0.39 is 0 Å². The third-order valence-corrected chi connectivity index (χ3v) is 5.80. The molecular weight excluding hydrogens is 352 g/mol. The molecule has 148 valence electrons. The minimum atomic E-state index is 0.175. The lowest BCUT2D eigenvalue weighted by atomic mass is 9.96. The Hall–Kier alpha value is -2.47. The number of amides is 1. The molecule has 0 spiro atoms. The Bertz CT molecular complexity index is 837. The van der Waals surface area contributed by atoms with Crippen molar-refractivity contribution >= 4 is 5.91 Å². The van der Waals surface area contributed by atoms with Gasteiger partial charge in [-0.15, -0.1) is 0 Å². The van der Waals surface area contributed by atoms with Crippen LogP contribution in [0.25, 0.3) is 0 Å².